The van der Waals surface area contributed by atoms with Crippen LogP contribution in [-0.4, -0.2) is 0 Å². The summed E-state index contributed by atoms with van der Waals surface area (Å²) >= 11 is 0. The van der Waals surface area contributed by atoms with Crippen molar-refractivity contribution in [3.8, 4) is 11.8 Å². The highest BCUT2D eigenvalue weighted by atomic mass is 16.5. The van der Waals surface area contributed by atoms with Crippen LogP contribution < -0.4 is 13.9 Å². The van der Waals surface area contributed by atoms with Crippen LogP contribution in [0, 0.1) is 6.92 Å². The number of aryl methyl sites for hydroxylation is 3. The number of ether oxygens (including phenoxy) is 1. The molecule has 2 rings (SSSR count). The van der Waals surface area contributed by atoms with Gasteiger partial charge in [-0.2, -0.15) is 9.13 Å². The molecule has 16 heavy (non-hydrogen) atoms. The molecule has 0 bridgehead atoms. The summed E-state index contributed by atoms with van der Waals surface area (Å²) in [5.41, 5.74) is 1.22. The summed E-state index contributed by atoms with van der Waals surface area (Å²) in [6.45, 7) is 2.06. The van der Waals surface area contributed by atoms with Crippen molar-refractivity contribution in [2.24, 2.45) is 14.1 Å². The molecule has 0 aliphatic rings. The number of pyridine rings is 2. The monoisotopic (exact) mass is 216 g/mol. The highest BCUT2D eigenvalue weighted by molar-refractivity contribution is 5.15. The van der Waals surface area contributed by atoms with Crippen molar-refractivity contribution >= 4 is 0 Å². The van der Waals surface area contributed by atoms with Crippen LogP contribution >= 0.6 is 0 Å². The summed E-state index contributed by atoms with van der Waals surface area (Å²) in [6.07, 6.45) is 4.00. The molecule has 0 saturated heterocycles. The number of nitrogens with zero attached hydrogens (tertiary/aromatic N) is 2. The fraction of sp³-hybridized carbons (Fsp3) is 0.231. The van der Waals surface area contributed by atoms with Crippen LogP contribution in [0.25, 0.3) is 0 Å². The lowest BCUT2D eigenvalue weighted by Crippen LogP contribution is -2.34. The second-order valence-corrected chi connectivity index (χ2v) is 3.91. The van der Waals surface area contributed by atoms with E-state index < -0.39 is 0 Å². The van der Waals surface area contributed by atoms with Gasteiger partial charge < -0.3 is 4.74 Å². The minimum absolute atomic E-state index is 0.821. The SMILES string of the molecule is Cc1ccc(Oc2cccc[n+]2C)[n+](C)c1. The third kappa shape index (κ3) is 2.19. The van der Waals surface area contributed by atoms with Crippen molar-refractivity contribution in [3.63, 3.8) is 0 Å². The maximum absolute atomic E-state index is 5.82. The first-order chi connectivity index (χ1) is 7.66. The van der Waals surface area contributed by atoms with E-state index in [1.807, 2.05) is 66.0 Å². The van der Waals surface area contributed by atoms with Crippen molar-refractivity contribution in [2.45, 2.75) is 6.92 Å². The quantitative estimate of drug-likeness (QED) is 0.694. The van der Waals surface area contributed by atoms with Crippen LogP contribution in [0.1, 0.15) is 5.56 Å². The molecular formula is C13H16N2O+2. The Morgan fingerprint density at radius 3 is 2.38 bits per heavy atom. The molecule has 0 radical (unpaired) electrons. The van der Waals surface area contributed by atoms with Crippen LogP contribution in [0.15, 0.2) is 42.7 Å². The van der Waals surface area contributed by atoms with Gasteiger partial charge >= 0.3 is 11.8 Å². The Bertz CT molecular complexity index is 509. The van der Waals surface area contributed by atoms with E-state index in [-0.39, 0.29) is 0 Å². The largest absolute Gasteiger partial charge is 0.377 e. The van der Waals surface area contributed by atoms with Gasteiger partial charge in [-0.1, -0.05) is 0 Å². The number of aromatic nitrogens is 2. The van der Waals surface area contributed by atoms with Gasteiger partial charge in [-0.3, -0.25) is 0 Å². The van der Waals surface area contributed by atoms with Gasteiger partial charge in [0.15, 0.2) is 12.4 Å². The van der Waals surface area contributed by atoms with Gasteiger partial charge in [0.05, 0.1) is 12.1 Å². The Kier molecular flexibility index (Phi) is 2.86. The first kappa shape index (κ1) is 10.6. The maximum atomic E-state index is 5.82. The van der Waals surface area contributed by atoms with Crippen LogP contribution in [0.3, 0.4) is 0 Å². The third-order valence-corrected chi connectivity index (χ3v) is 2.45. The number of rotatable bonds is 2. The van der Waals surface area contributed by atoms with Gasteiger partial charge in [-0.05, 0) is 19.1 Å². The summed E-state index contributed by atoms with van der Waals surface area (Å²) in [6, 6.07) is 9.89. The van der Waals surface area contributed by atoms with Crippen molar-refractivity contribution in [1.29, 1.82) is 0 Å². The molecule has 2 heterocycles. The van der Waals surface area contributed by atoms with Gasteiger partial charge in [0.25, 0.3) is 0 Å². The normalized spacial score (nSPS) is 10.2. The lowest BCUT2D eigenvalue weighted by atomic mass is 10.3. The third-order valence-electron chi connectivity index (χ3n) is 2.45. The topological polar surface area (TPSA) is 17.0 Å². The van der Waals surface area contributed by atoms with E-state index >= 15 is 0 Å². The molecule has 0 unspecified atom stereocenters. The lowest BCUT2D eigenvalue weighted by molar-refractivity contribution is -0.695. The molecule has 0 aromatic carbocycles. The number of hydrogen-bond acceptors (Lipinski definition) is 1. The van der Waals surface area contributed by atoms with Gasteiger partial charge in [-0.25, -0.2) is 0 Å². The van der Waals surface area contributed by atoms with E-state index in [9.17, 15) is 0 Å². The van der Waals surface area contributed by atoms with Gasteiger partial charge in [-0.15, -0.1) is 0 Å². The highest BCUT2D eigenvalue weighted by Crippen LogP contribution is 2.12. The summed E-state index contributed by atoms with van der Waals surface area (Å²) in [7, 11) is 3.94. The second-order valence-electron chi connectivity index (χ2n) is 3.91. The Morgan fingerprint density at radius 2 is 1.69 bits per heavy atom. The molecule has 0 N–H and O–H groups in total. The maximum Gasteiger partial charge on any atom is 0.377 e. The summed E-state index contributed by atoms with van der Waals surface area (Å²) in [5, 5.41) is 0. The van der Waals surface area contributed by atoms with Crippen LogP contribution in [-0.2, 0) is 14.1 Å². The standard InChI is InChI=1S/C13H16N2O/c1-11-7-8-13(15(3)10-11)16-12-6-4-5-9-14(12)2/h4-10H,1-3H3/q+2. The fourth-order valence-electron chi connectivity index (χ4n) is 1.56. The van der Waals surface area contributed by atoms with Crippen LogP contribution in [0.5, 0.6) is 11.8 Å². The van der Waals surface area contributed by atoms with Gasteiger partial charge in [0.1, 0.15) is 14.1 Å². The molecular weight excluding hydrogens is 200 g/mol. The van der Waals surface area contributed by atoms with E-state index in [1.54, 1.807) is 0 Å². The average Bonchev–Trinajstić information content (AvgIpc) is 2.25. The van der Waals surface area contributed by atoms with Crippen molar-refractivity contribution in [1.82, 2.24) is 0 Å². The summed E-state index contributed by atoms with van der Waals surface area (Å²) in [4.78, 5) is 0. The zero-order valence-corrected chi connectivity index (χ0v) is 9.84. The van der Waals surface area contributed by atoms with E-state index in [1.165, 1.54) is 5.56 Å². The predicted octanol–water partition coefficient (Wildman–Crippen LogP) is 1.44. The molecule has 0 fully saturated rings. The van der Waals surface area contributed by atoms with E-state index in [0.717, 1.165) is 11.8 Å². The van der Waals surface area contributed by atoms with Crippen LogP contribution in [0.4, 0.5) is 0 Å². The Morgan fingerprint density at radius 1 is 0.938 bits per heavy atom. The van der Waals surface area contributed by atoms with Crippen molar-refractivity contribution < 1.29 is 13.9 Å². The molecule has 0 aliphatic carbocycles. The molecule has 0 aliphatic heterocycles. The first-order valence-electron chi connectivity index (χ1n) is 5.25. The molecule has 0 atom stereocenters. The molecule has 0 saturated carbocycles. The van der Waals surface area contributed by atoms with E-state index in [0.29, 0.717) is 0 Å². The molecule has 0 spiro atoms. The Balaban J connectivity index is 2.31. The Hall–Kier alpha value is -1.90. The zero-order valence-electron chi connectivity index (χ0n) is 9.84. The Labute approximate surface area is 95.6 Å². The second kappa shape index (κ2) is 4.31. The van der Waals surface area contributed by atoms with Crippen molar-refractivity contribution in [3.05, 3.63) is 48.3 Å². The molecule has 2 aromatic rings. The van der Waals surface area contributed by atoms with Crippen LogP contribution in [0.2, 0.25) is 0 Å². The minimum atomic E-state index is 0.821. The minimum Gasteiger partial charge on any atom is -0.348 e. The van der Waals surface area contributed by atoms with Crippen molar-refractivity contribution in [2.75, 3.05) is 0 Å². The lowest BCUT2D eigenvalue weighted by Gasteiger charge is -2.01. The molecule has 3 nitrogen and oxygen atoms in total. The highest BCUT2D eigenvalue weighted by Gasteiger charge is 2.14. The van der Waals surface area contributed by atoms with E-state index in [4.69, 9.17) is 4.74 Å². The summed E-state index contributed by atoms with van der Waals surface area (Å²) < 4.78 is 9.74. The first-order valence-corrected chi connectivity index (χ1v) is 5.25. The number of hydrogen-bond donors (Lipinski definition) is 0. The molecule has 0 amide bonds. The fourth-order valence-corrected chi connectivity index (χ4v) is 1.56. The molecule has 3 heteroatoms. The molecule has 2 aromatic heterocycles. The van der Waals surface area contributed by atoms with Gasteiger partial charge in [0, 0.05) is 11.6 Å². The zero-order chi connectivity index (χ0) is 11.5. The predicted molar refractivity (Wildman–Crippen MR) is 60.0 cm³/mol. The van der Waals surface area contributed by atoms with Gasteiger partial charge in [0.2, 0.25) is 0 Å². The molecule has 82 valence electrons. The van der Waals surface area contributed by atoms with E-state index in [2.05, 4.69) is 6.92 Å². The summed E-state index contributed by atoms with van der Waals surface area (Å²) in [5.74, 6) is 1.65. The average molecular weight is 216 g/mol. The smallest absolute Gasteiger partial charge is 0.348 e.